The predicted octanol–water partition coefficient (Wildman–Crippen LogP) is 4.57. The van der Waals surface area contributed by atoms with Crippen LogP contribution in [0.15, 0.2) is 52.9 Å². The average Bonchev–Trinajstić information content (AvgIpc) is 3.42. The molecule has 0 bridgehead atoms. The Morgan fingerprint density at radius 2 is 1.97 bits per heavy atom. The van der Waals surface area contributed by atoms with E-state index in [0.29, 0.717) is 10.9 Å². The van der Waals surface area contributed by atoms with Crippen molar-refractivity contribution in [3.05, 3.63) is 65.3 Å². The maximum Gasteiger partial charge on any atom is 0.408 e. The van der Waals surface area contributed by atoms with Crippen LogP contribution in [-0.2, 0) is 11.3 Å². The molecule has 0 saturated heterocycles. The summed E-state index contributed by atoms with van der Waals surface area (Å²) in [5, 5.41) is 17.0. The molecule has 9 nitrogen and oxygen atoms in total. The largest absolute Gasteiger partial charge is 0.444 e. The lowest BCUT2D eigenvalue weighted by Gasteiger charge is -2.21. The Kier molecular flexibility index (Phi) is 6.94. The summed E-state index contributed by atoms with van der Waals surface area (Å²) in [5.41, 5.74) is 2.35. The van der Waals surface area contributed by atoms with Gasteiger partial charge in [-0.15, -0.1) is 21.5 Å². The van der Waals surface area contributed by atoms with Gasteiger partial charge in [-0.05, 0) is 44.0 Å². The minimum Gasteiger partial charge on any atom is -0.444 e. The summed E-state index contributed by atoms with van der Waals surface area (Å²) in [4.78, 5) is 17.3. The van der Waals surface area contributed by atoms with E-state index >= 15 is 0 Å². The summed E-state index contributed by atoms with van der Waals surface area (Å²) in [6.07, 6.45) is -0.605. The number of ether oxygens (including phenoxy) is 1. The lowest BCUT2D eigenvalue weighted by molar-refractivity contribution is 0.0505. The molecule has 0 aliphatic heterocycles. The SMILES string of the molecule is CC(C)(C)OC(=O)NC(c1nnc(CNSN)o1)c1nc2ccc(-c3ccccc3)cc2s1. The van der Waals surface area contributed by atoms with Crippen molar-refractivity contribution in [2.75, 3.05) is 0 Å². The van der Waals surface area contributed by atoms with E-state index in [1.165, 1.54) is 11.3 Å². The number of fused-ring (bicyclic) bond motifs is 1. The van der Waals surface area contributed by atoms with Gasteiger partial charge >= 0.3 is 6.09 Å². The minimum atomic E-state index is -0.760. The van der Waals surface area contributed by atoms with E-state index in [4.69, 9.17) is 19.3 Å². The molecule has 0 fully saturated rings. The van der Waals surface area contributed by atoms with Crippen molar-refractivity contribution in [3.8, 4) is 11.1 Å². The molecule has 2 aromatic heterocycles. The molecule has 0 spiro atoms. The fourth-order valence-corrected chi connectivity index (χ4v) is 4.35. The second-order valence-corrected chi connectivity index (χ2v) is 9.74. The maximum atomic E-state index is 12.6. The molecule has 1 atom stereocenters. The Balaban J connectivity index is 1.68. The first-order chi connectivity index (χ1) is 15.8. The Morgan fingerprint density at radius 1 is 1.18 bits per heavy atom. The number of thiazole rings is 1. The molecular weight excluding hydrogens is 460 g/mol. The number of nitrogens with one attached hydrogen (secondary N) is 2. The van der Waals surface area contributed by atoms with Gasteiger partial charge in [0.1, 0.15) is 10.6 Å². The summed E-state index contributed by atoms with van der Waals surface area (Å²) >= 11 is 2.40. The van der Waals surface area contributed by atoms with Gasteiger partial charge < -0.3 is 14.5 Å². The summed E-state index contributed by atoms with van der Waals surface area (Å²) in [5.74, 6) is 0.549. The van der Waals surface area contributed by atoms with E-state index in [1.807, 2.05) is 30.3 Å². The second-order valence-electron chi connectivity index (χ2n) is 8.15. The molecular formula is C22H24N6O3S2. The van der Waals surface area contributed by atoms with Crippen molar-refractivity contribution in [2.24, 2.45) is 5.14 Å². The third-order valence-corrected chi connectivity index (χ3v) is 5.85. The van der Waals surface area contributed by atoms with Crippen LogP contribution in [0.4, 0.5) is 4.79 Å². The predicted molar refractivity (Wildman–Crippen MR) is 129 cm³/mol. The van der Waals surface area contributed by atoms with Gasteiger partial charge in [-0.3, -0.25) is 5.14 Å². The normalized spacial score (nSPS) is 12.6. The number of hydrogen-bond acceptors (Lipinski definition) is 10. The van der Waals surface area contributed by atoms with Crippen LogP contribution in [0, 0.1) is 0 Å². The third-order valence-electron chi connectivity index (χ3n) is 4.46. The van der Waals surface area contributed by atoms with E-state index in [9.17, 15) is 4.79 Å². The molecule has 0 aliphatic carbocycles. The van der Waals surface area contributed by atoms with Crippen molar-refractivity contribution < 1.29 is 13.9 Å². The first-order valence-corrected chi connectivity index (χ1v) is 11.9. The summed E-state index contributed by atoms with van der Waals surface area (Å²) in [6.45, 7) is 5.68. The third kappa shape index (κ3) is 5.88. The topological polar surface area (TPSA) is 128 Å². The van der Waals surface area contributed by atoms with Gasteiger partial charge in [0.15, 0.2) is 6.04 Å². The summed E-state index contributed by atoms with van der Waals surface area (Å²) in [7, 11) is 0. The zero-order valence-corrected chi connectivity index (χ0v) is 20.0. The van der Waals surface area contributed by atoms with Gasteiger partial charge in [-0.25, -0.2) is 14.5 Å². The molecule has 4 N–H and O–H groups in total. The molecule has 33 heavy (non-hydrogen) atoms. The van der Waals surface area contributed by atoms with Crippen molar-refractivity contribution in [3.63, 3.8) is 0 Å². The highest BCUT2D eigenvalue weighted by Crippen LogP contribution is 2.33. The molecule has 0 aliphatic rings. The summed E-state index contributed by atoms with van der Waals surface area (Å²) < 4.78 is 15.0. The number of hydrogen-bond donors (Lipinski definition) is 3. The molecule has 2 heterocycles. The highest BCUT2D eigenvalue weighted by Gasteiger charge is 2.29. The standard InChI is InChI=1S/C22H24N6O3S2/c1-22(2,3)31-21(29)26-18(19-28-27-17(30-19)12-24-33-23)20-25-15-10-9-14(11-16(15)32-20)13-7-5-4-6-8-13/h4-11,18,24H,12,23H2,1-3H3,(H,26,29). The fourth-order valence-electron chi connectivity index (χ4n) is 3.09. The van der Waals surface area contributed by atoms with Crippen LogP contribution in [0.1, 0.15) is 43.6 Å². The van der Waals surface area contributed by atoms with Crippen LogP contribution < -0.4 is 15.2 Å². The Hall–Kier alpha value is -2.99. The number of benzene rings is 2. The molecule has 0 saturated carbocycles. The number of aromatic nitrogens is 3. The Labute approximate surface area is 199 Å². The van der Waals surface area contributed by atoms with Crippen LogP contribution in [0.5, 0.6) is 0 Å². The van der Waals surface area contributed by atoms with Crippen molar-refractivity contribution >= 4 is 39.8 Å². The number of nitrogens with zero attached hydrogens (tertiary/aromatic N) is 3. The first kappa shape index (κ1) is 23.2. The molecule has 1 unspecified atom stereocenters. The molecule has 172 valence electrons. The Bertz CT molecular complexity index is 1240. The minimum absolute atomic E-state index is 0.210. The molecule has 11 heteroatoms. The number of alkyl carbamates (subject to hydrolysis) is 1. The molecule has 0 radical (unpaired) electrons. The quantitative estimate of drug-likeness (QED) is 0.323. The van der Waals surface area contributed by atoms with E-state index in [-0.39, 0.29) is 12.4 Å². The second kappa shape index (κ2) is 9.87. The zero-order chi connectivity index (χ0) is 23.4. The maximum absolute atomic E-state index is 12.6. The van der Waals surface area contributed by atoms with Gasteiger partial charge in [0.05, 0.1) is 16.8 Å². The fraction of sp³-hybridized carbons (Fsp3) is 0.273. The smallest absolute Gasteiger partial charge is 0.408 e. The number of carbonyl (C=O) groups is 1. The van der Waals surface area contributed by atoms with Crippen molar-refractivity contribution in [1.82, 2.24) is 25.2 Å². The van der Waals surface area contributed by atoms with Gasteiger partial charge in [0.2, 0.25) is 11.8 Å². The van der Waals surface area contributed by atoms with E-state index in [1.54, 1.807) is 20.8 Å². The van der Waals surface area contributed by atoms with Crippen LogP contribution in [0.3, 0.4) is 0 Å². The average molecular weight is 485 g/mol. The van der Waals surface area contributed by atoms with Crippen LogP contribution >= 0.6 is 23.5 Å². The monoisotopic (exact) mass is 484 g/mol. The van der Waals surface area contributed by atoms with Gasteiger partial charge in [0, 0.05) is 12.1 Å². The Morgan fingerprint density at radius 3 is 2.70 bits per heavy atom. The molecule has 2 aromatic carbocycles. The van der Waals surface area contributed by atoms with Crippen molar-refractivity contribution in [2.45, 2.75) is 39.0 Å². The highest BCUT2D eigenvalue weighted by atomic mass is 32.2. The highest BCUT2D eigenvalue weighted by molar-refractivity contribution is 7.95. The lowest BCUT2D eigenvalue weighted by Crippen LogP contribution is -2.35. The number of carbonyl (C=O) groups excluding carboxylic acids is 1. The van der Waals surface area contributed by atoms with Crippen LogP contribution in [-0.4, -0.2) is 26.9 Å². The zero-order valence-electron chi connectivity index (χ0n) is 18.4. The number of rotatable bonds is 7. The van der Waals surface area contributed by atoms with Crippen LogP contribution in [0.2, 0.25) is 0 Å². The van der Waals surface area contributed by atoms with Gasteiger partial charge in [-0.1, -0.05) is 36.4 Å². The van der Waals surface area contributed by atoms with E-state index in [0.717, 1.165) is 33.5 Å². The van der Waals surface area contributed by atoms with Gasteiger partial charge in [0.25, 0.3) is 0 Å². The molecule has 4 rings (SSSR count). The number of nitrogens with two attached hydrogens (primary N) is 1. The number of amides is 1. The van der Waals surface area contributed by atoms with Gasteiger partial charge in [-0.2, -0.15) is 0 Å². The lowest BCUT2D eigenvalue weighted by atomic mass is 10.1. The van der Waals surface area contributed by atoms with E-state index < -0.39 is 17.7 Å². The van der Waals surface area contributed by atoms with E-state index in [2.05, 4.69) is 38.4 Å². The molecule has 1 amide bonds. The van der Waals surface area contributed by atoms with Crippen LogP contribution in [0.25, 0.3) is 21.3 Å². The van der Waals surface area contributed by atoms with Crippen molar-refractivity contribution in [1.29, 1.82) is 0 Å². The molecule has 4 aromatic rings. The first-order valence-electron chi connectivity index (χ1n) is 10.2. The summed E-state index contributed by atoms with van der Waals surface area (Å²) in [6, 6.07) is 15.4.